The lowest BCUT2D eigenvalue weighted by molar-refractivity contribution is 0.0666. The normalized spacial score (nSPS) is 17.6. The molecule has 0 unspecified atom stereocenters. The zero-order chi connectivity index (χ0) is 17.9. The molecule has 8 heteroatoms. The van der Waals surface area contributed by atoms with E-state index in [1.54, 1.807) is 23.5 Å². The summed E-state index contributed by atoms with van der Waals surface area (Å²) in [5.41, 5.74) is 2.85. The summed E-state index contributed by atoms with van der Waals surface area (Å²) in [7, 11) is 0. The fourth-order valence-electron chi connectivity index (χ4n) is 3.41. The highest BCUT2D eigenvalue weighted by Crippen LogP contribution is 2.27. The smallest absolute Gasteiger partial charge is 0.289 e. The van der Waals surface area contributed by atoms with Crippen molar-refractivity contribution in [2.75, 3.05) is 13.1 Å². The van der Waals surface area contributed by atoms with Gasteiger partial charge in [0.2, 0.25) is 0 Å². The molecule has 0 aromatic carbocycles. The summed E-state index contributed by atoms with van der Waals surface area (Å²) < 4.78 is 7.51. The number of aliphatic hydroxyl groups is 1. The maximum atomic E-state index is 12.7. The van der Waals surface area contributed by atoms with Gasteiger partial charge in [-0.25, -0.2) is 9.97 Å². The molecule has 136 valence electrons. The molecule has 4 rings (SSSR count). The molecule has 0 spiro atoms. The Labute approximate surface area is 154 Å². The van der Waals surface area contributed by atoms with Crippen LogP contribution >= 0.6 is 11.3 Å². The molecular weight excluding hydrogens is 352 g/mol. The topological polar surface area (TPSA) is 84.4 Å². The highest BCUT2D eigenvalue weighted by atomic mass is 32.1. The van der Waals surface area contributed by atoms with Crippen molar-refractivity contribution in [1.82, 2.24) is 19.4 Å². The van der Waals surface area contributed by atoms with Crippen molar-refractivity contribution >= 4 is 17.2 Å². The Bertz CT molecular complexity index is 871. The Hall–Kier alpha value is -2.45. The highest BCUT2D eigenvalue weighted by molar-refractivity contribution is 7.07. The van der Waals surface area contributed by atoms with Gasteiger partial charge in [-0.3, -0.25) is 4.79 Å². The van der Waals surface area contributed by atoms with Gasteiger partial charge in [0.1, 0.15) is 18.2 Å². The standard InChI is InChI=1S/C18H20N4O3S/c23-10-15-3-4-16(25-15)18(24)22-6-1-2-13(8-22)17-19-5-7-21(17)9-14-11-26-12-20-14/h3-5,7,11-13,23H,1-2,6,8-10H2/t13-/m0/s1. The summed E-state index contributed by atoms with van der Waals surface area (Å²) in [5.74, 6) is 1.73. The lowest BCUT2D eigenvalue weighted by atomic mass is 9.97. The number of aromatic nitrogens is 3. The lowest BCUT2D eigenvalue weighted by Gasteiger charge is -2.32. The van der Waals surface area contributed by atoms with Crippen LogP contribution in [0.2, 0.25) is 0 Å². The van der Waals surface area contributed by atoms with Crippen molar-refractivity contribution in [3.63, 3.8) is 0 Å². The summed E-state index contributed by atoms with van der Waals surface area (Å²) in [6, 6.07) is 3.26. The molecule has 26 heavy (non-hydrogen) atoms. The second-order valence-corrected chi connectivity index (χ2v) is 7.13. The molecule has 1 aliphatic heterocycles. The summed E-state index contributed by atoms with van der Waals surface area (Å²) in [4.78, 5) is 23.4. The second-order valence-electron chi connectivity index (χ2n) is 6.41. The molecule has 1 atom stereocenters. The highest BCUT2D eigenvalue weighted by Gasteiger charge is 2.29. The summed E-state index contributed by atoms with van der Waals surface area (Å²) in [6.45, 7) is 1.81. The molecule has 1 fully saturated rings. The minimum absolute atomic E-state index is 0.132. The van der Waals surface area contributed by atoms with Gasteiger partial charge in [0.15, 0.2) is 5.76 Å². The average Bonchev–Trinajstić information content (AvgIpc) is 3.43. The van der Waals surface area contributed by atoms with Gasteiger partial charge >= 0.3 is 0 Å². The van der Waals surface area contributed by atoms with E-state index >= 15 is 0 Å². The summed E-state index contributed by atoms with van der Waals surface area (Å²) in [6.07, 6.45) is 5.70. The number of carbonyl (C=O) groups excluding carboxylic acids is 1. The molecule has 0 aliphatic carbocycles. The zero-order valence-electron chi connectivity index (χ0n) is 14.2. The van der Waals surface area contributed by atoms with Crippen LogP contribution in [-0.4, -0.2) is 43.5 Å². The maximum Gasteiger partial charge on any atom is 0.289 e. The first-order valence-electron chi connectivity index (χ1n) is 8.61. The van der Waals surface area contributed by atoms with Gasteiger partial charge < -0.3 is 19.0 Å². The van der Waals surface area contributed by atoms with Gasteiger partial charge in [0.25, 0.3) is 5.91 Å². The number of nitrogens with zero attached hydrogens (tertiary/aromatic N) is 4. The van der Waals surface area contributed by atoms with Crippen LogP contribution < -0.4 is 0 Å². The molecule has 3 aromatic heterocycles. The van der Waals surface area contributed by atoms with Crippen molar-refractivity contribution in [3.8, 4) is 0 Å². The number of imidazole rings is 1. The van der Waals surface area contributed by atoms with Crippen LogP contribution in [0.25, 0.3) is 0 Å². The molecule has 3 aromatic rings. The predicted molar refractivity (Wildman–Crippen MR) is 96.0 cm³/mol. The lowest BCUT2D eigenvalue weighted by Crippen LogP contribution is -2.39. The number of hydrogen-bond donors (Lipinski definition) is 1. The van der Waals surface area contributed by atoms with Gasteiger partial charge in [-0.15, -0.1) is 11.3 Å². The van der Waals surface area contributed by atoms with Crippen LogP contribution in [0.15, 0.2) is 39.8 Å². The number of hydrogen-bond acceptors (Lipinski definition) is 6. The van der Waals surface area contributed by atoms with Crippen LogP contribution in [0.5, 0.6) is 0 Å². The van der Waals surface area contributed by atoms with E-state index in [0.717, 1.165) is 24.4 Å². The fourth-order valence-corrected chi connectivity index (χ4v) is 3.96. The van der Waals surface area contributed by atoms with Crippen molar-refractivity contribution in [2.24, 2.45) is 0 Å². The van der Waals surface area contributed by atoms with E-state index in [1.165, 1.54) is 0 Å². The minimum Gasteiger partial charge on any atom is -0.453 e. The number of furan rings is 1. The molecule has 1 aliphatic rings. The molecular formula is C18H20N4O3S. The molecule has 4 heterocycles. The van der Waals surface area contributed by atoms with E-state index in [4.69, 9.17) is 9.52 Å². The number of likely N-dealkylation sites (tertiary alicyclic amines) is 1. The van der Waals surface area contributed by atoms with Crippen LogP contribution in [-0.2, 0) is 13.2 Å². The van der Waals surface area contributed by atoms with Crippen LogP contribution in [0.1, 0.15) is 46.6 Å². The quantitative estimate of drug-likeness (QED) is 0.744. The Morgan fingerprint density at radius 1 is 1.38 bits per heavy atom. The van der Waals surface area contributed by atoms with Gasteiger partial charge in [0.05, 0.1) is 17.7 Å². The Kier molecular flexibility index (Phi) is 4.85. The number of aliphatic hydroxyl groups excluding tert-OH is 1. The first kappa shape index (κ1) is 17.0. The van der Waals surface area contributed by atoms with Gasteiger partial charge in [-0.2, -0.15) is 0 Å². The molecule has 1 saturated heterocycles. The third-order valence-corrected chi connectivity index (χ3v) is 5.30. The van der Waals surface area contributed by atoms with Crippen LogP contribution in [0.4, 0.5) is 0 Å². The first-order chi connectivity index (χ1) is 12.7. The number of thiazole rings is 1. The largest absolute Gasteiger partial charge is 0.453 e. The molecule has 7 nitrogen and oxygen atoms in total. The minimum atomic E-state index is -0.204. The molecule has 0 bridgehead atoms. The predicted octanol–water partition coefficient (Wildman–Crippen LogP) is 2.49. The van der Waals surface area contributed by atoms with E-state index in [9.17, 15) is 4.79 Å². The van der Waals surface area contributed by atoms with Crippen molar-refractivity contribution in [2.45, 2.75) is 31.9 Å². The molecule has 1 amide bonds. The molecule has 1 N–H and O–H groups in total. The van der Waals surface area contributed by atoms with E-state index in [-0.39, 0.29) is 24.2 Å². The maximum absolute atomic E-state index is 12.7. The molecule has 0 radical (unpaired) electrons. The van der Waals surface area contributed by atoms with Gasteiger partial charge in [-0.05, 0) is 25.0 Å². The van der Waals surface area contributed by atoms with Crippen molar-refractivity contribution < 1.29 is 14.3 Å². The second kappa shape index (κ2) is 7.43. The van der Waals surface area contributed by atoms with E-state index < -0.39 is 0 Å². The molecule has 0 saturated carbocycles. The van der Waals surface area contributed by atoms with Crippen molar-refractivity contribution in [3.05, 3.63) is 58.5 Å². The summed E-state index contributed by atoms with van der Waals surface area (Å²) >= 11 is 1.58. The number of piperidine rings is 1. The Morgan fingerprint density at radius 3 is 3.08 bits per heavy atom. The monoisotopic (exact) mass is 372 g/mol. The number of rotatable bonds is 5. The van der Waals surface area contributed by atoms with E-state index in [1.807, 2.05) is 28.2 Å². The summed E-state index contributed by atoms with van der Waals surface area (Å²) in [5, 5.41) is 11.1. The third-order valence-electron chi connectivity index (χ3n) is 4.67. The van der Waals surface area contributed by atoms with Crippen LogP contribution in [0, 0.1) is 0 Å². The SMILES string of the molecule is O=C(c1ccc(CO)o1)N1CCC[C@H](c2nccn2Cc2cscn2)C1. The van der Waals surface area contributed by atoms with E-state index in [0.29, 0.717) is 25.4 Å². The fraction of sp³-hybridized carbons (Fsp3) is 0.389. The number of amides is 1. The van der Waals surface area contributed by atoms with Gasteiger partial charge in [0, 0.05) is 36.8 Å². The zero-order valence-corrected chi connectivity index (χ0v) is 15.1. The first-order valence-corrected chi connectivity index (χ1v) is 9.56. The third kappa shape index (κ3) is 3.42. The van der Waals surface area contributed by atoms with Crippen molar-refractivity contribution in [1.29, 1.82) is 0 Å². The average molecular weight is 372 g/mol. The van der Waals surface area contributed by atoms with Gasteiger partial charge in [-0.1, -0.05) is 0 Å². The Balaban J connectivity index is 1.49. The Morgan fingerprint density at radius 2 is 2.31 bits per heavy atom. The van der Waals surface area contributed by atoms with Crippen LogP contribution in [0.3, 0.4) is 0 Å². The van der Waals surface area contributed by atoms with E-state index in [2.05, 4.69) is 14.5 Å². The number of carbonyl (C=O) groups is 1.